The highest BCUT2D eigenvalue weighted by Crippen LogP contribution is 2.29. The maximum atomic E-state index is 13.5. The number of fused-ring (bicyclic) bond motifs is 1. The second kappa shape index (κ2) is 5.25. The molecule has 3 aromatic rings. The average Bonchev–Trinajstić information content (AvgIpc) is 3.00. The summed E-state index contributed by atoms with van der Waals surface area (Å²) in [5, 5.41) is 0.821. The molecule has 1 aromatic heterocycles. The van der Waals surface area contributed by atoms with E-state index in [0.29, 0.717) is 11.1 Å². The van der Waals surface area contributed by atoms with Crippen molar-refractivity contribution in [3.05, 3.63) is 65.1 Å². The van der Waals surface area contributed by atoms with Crippen molar-refractivity contribution in [3.8, 4) is 0 Å². The van der Waals surface area contributed by atoms with Gasteiger partial charge in [-0.2, -0.15) is 0 Å². The lowest BCUT2D eigenvalue weighted by Crippen LogP contribution is -2.00. The fourth-order valence-corrected chi connectivity index (χ4v) is 2.06. The van der Waals surface area contributed by atoms with Crippen LogP contribution in [0.25, 0.3) is 10.9 Å². The number of H-pyrrole nitrogens is 1. The zero-order valence-electron chi connectivity index (χ0n) is 10.8. The SMILES string of the molecule is Fc1c(F)c(F)c(/N=C/c2cccc3cc[nH]c23)c(F)c1F. The van der Waals surface area contributed by atoms with Crippen LogP contribution in [0.2, 0.25) is 0 Å². The lowest BCUT2D eigenvalue weighted by molar-refractivity contribution is 0.381. The maximum absolute atomic E-state index is 13.5. The van der Waals surface area contributed by atoms with E-state index < -0.39 is 34.8 Å². The molecule has 2 aromatic carbocycles. The van der Waals surface area contributed by atoms with Gasteiger partial charge in [-0.15, -0.1) is 0 Å². The van der Waals surface area contributed by atoms with Crippen molar-refractivity contribution in [2.75, 3.05) is 0 Å². The van der Waals surface area contributed by atoms with Crippen LogP contribution < -0.4 is 0 Å². The summed E-state index contributed by atoms with van der Waals surface area (Å²) >= 11 is 0. The van der Waals surface area contributed by atoms with Crippen molar-refractivity contribution >= 4 is 22.8 Å². The summed E-state index contributed by atoms with van der Waals surface area (Å²) in [6.07, 6.45) is 2.69. The van der Waals surface area contributed by atoms with E-state index in [9.17, 15) is 22.0 Å². The van der Waals surface area contributed by atoms with E-state index in [1.54, 1.807) is 30.5 Å². The first-order valence-electron chi connectivity index (χ1n) is 6.12. The fourth-order valence-electron chi connectivity index (χ4n) is 2.06. The van der Waals surface area contributed by atoms with E-state index >= 15 is 0 Å². The number of halogens is 5. The summed E-state index contributed by atoms with van der Waals surface area (Å²) in [5.74, 6) is -10.2. The Morgan fingerprint density at radius 1 is 0.818 bits per heavy atom. The number of para-hydroxylation sites is 1. The van der Waals surface area contributed by atoms with Crippen LogP contribution in [0.3, 0.4) is 0 Å². The van der Waals surface area contributed by atoms with Gasteiger partial charge in [0.15, 0.2) is 23.3 Å². The number of hydrogen-bond acceptors (Lipinski definition) is 1. The van der Waals surface area contributed by atoms with Crippen LogP contribution in [0.1, 0.15) is 5.56 Å². The van der Waals surface area contributed by atoms with Crippen LogP contribution in [0.5, 0.6) is 0 Å². The van der Waals surface area contributed by atoms with Gasteiger partial charge < -0.3 is 4.98 Å². The van der Waals surface area contributed by atoms with Gasteiger partial charge in [0.05, 0.1) is 5.52 Å². The fraction of sp³-hybridized carbons (Fsp3) is 0. The molecule has 0 spiro atoms. The van der Waals surface area contributed by atoms with Crippen LogP contribution in [0.4, 0.5) is 27.6 Å². The van der Waals surface area contributed by atoms with Crippen molar-refractivity contribution in [3.63, 3.8) is 0 Å². The zero-order valence-corrected chi connectivity index (χ0v) is 10.8. The molecule has 2 nitrogen and oxygen atoms in total. The minimum atomic E-state index is -2.21. The lowest BCUT2D eigenvalue weighted by atomic mass is 10.1. The molecule has 1 N–H and O–H groups in total. The molecule has 0 aliphatic rings. The third-order valence-electron chi connectivity index (χ3n) is 3.14. The summed E-state index contributed by atoms with van der Waals surface area (Å²) < 4.78 is 66.2. The van der Waals surface area contributed by atoms with E-state index in [2.05, 4.69) is 9.98 Å². The second-order valence-electron chi connectivity index (χ2n) is 4.47. The molecule has 0 saturated heterocycles. The van der Waals surface area contributed by atoms with Crippen molar-refractivity contribution < 1.29 is 22.0 Å². The maximum Gasteiger partial charge on any atom is 0.200 e. The third-order valence-corrected chi connectivity index (χ3v) is 3.14. The number of benzene rings is 2. The van der Waals surface area contributed by atoms with E-state index in [1.807, 2.05) is 0 Å². The van der Waals surface area contributed by atoms with Crippen LogP contribution >= 0.6 is 0 Å². The van der Waals surface area contributed by atoms with E-state index in [4.69, 9.17) is 0 Å². The molecule has 0 bridgehead atoms. The molecule has 0 fully saturated rings. The summed E-state index contributed by atoms with van der Waals surface area (Å²) in [6.45, 7) is 0. The van der Waals surface area contributed by atoms with Gasteiger partial charge in [0.25, 0.3) is 0 Å². The third kappa shape index (κ3) is 2.14. The van der Waals surface area contributed by atoms with Gasteiger partial charge in [0, 0.05) is 23.4 Å². The Hall–Kier alpha value is -2.70. The average molecular weight is 310 g/mol. The van der Waals surface area contributed by atoms with Gasteiger partial charge in [0.2, 0.25) is 5.82 Å². The smallest absolute Gasteiger partial charge is 0.200 e. The molecule has 22 heavy (non-hydrogen) atoms. The Kier molecular flexibility index (Phi) is 3.40. The van der Waals surface area contributed by atoms with Gasteiger partial charge in [0.1, 0.15) is 5.69 Å². The second-order valence-corrected chi connectivity index (χ2v) is 4.47. The van der Waals surface area contributed by atoms with Crippen LogP contribution in [-0.2, 0) is 0 Å². The largest absolute Gasteiger partial charge is 0.361 e. The number of hydrogen-bond donors (Lipinski definition) is 1. The molecule has 0 saturated carbocycles. The van der Waals surface area contributed by atoms with Gasteiger partial charge in [-0.25, -0.2) is 26.9 Å². The van der Waals surface area contributed by atoms with Crippen LogP contribution in [-0.4, -0.2) is 11.2 Å². The van der Waals surface area contributed by atoms with E-state index in [1.165, 1.54) is 0 Å². The van der Waals surface area contributed by atoms with Crippen molar-refractivity contribution in [2.45, 2.75) is 0 Å². The Labute approximate surface area is 120 Å². The number of nitrogens with one attached hydrogen (secondary N) is 1. The van der Waals surface area contributed by atoms with Crippen LogP contribution in [0, 0.1) is 29.1 Å². The highest BCUT2D eigenvalue weighted by atomic mass is 19.2. The molecule has 0 aliphatic heterocycles. The van der Waals surface area contributed by atoms with E-state index in [0.717, 1.165) is 11.6 Å². The van der Waals surface area contributed by atoms with Gasteiger partial charge in [-0.3, -0.25) is 0 Å². The molecule has 0 aliphatic carbocycles. The summed E-state index contributed by atoms with van der Waals surface area (Å²) in [4.78, 5) is 6.33. The summed E-state index contributed by atoms with van der Waals surface area (Å²) in [7, 11) is 0. The Bertz CT molecular complexity index is 869. The number of nitrogens with zero attached hydrogens (tertiary/aromatic N) is 1. The minimum absolute atomic E-state index is 0.450. The van der Waals surface area contributed by atoms with E-state index in [-0.39, 0.29) is 0 Å². The molecule has 0 amide bonds. The molecule has 0 radical (unpaired) electrons. The predicted octanol–water partition coefficient (Wildman–Crippen LogP) is 4.61. The van der Waals surface area contributed by atoms with Crippen LogP contribution in [0.15, 0.2) is 35.5 Å². The molecule has 7 heteroatoms. The summed E-state index contributed by atoms with van der Waals surface area (Å²) in [5.41, 5.74) is -0.137. The Morgan fingerprint density at radius 3 is 2.14 bits per heavy atom. The van der Waals surface area contributed by atoms with Crippen molar-refractivity contribution in [1.82, 2.24) is 4.98 Å². The van der Waals surface area contributed by atoms with Gasteiger partial charge in [-0.05, 0) is 6.07 Å². The number of aliphatic imine (C=N–C) groups is 1. The normalized spacial score (nSPS) is 11.7. The van der Waals surface area contributed by atoms with Crippen molar-refractivity contribution in [1.29, 1.82) is 0 Å². The molecule has 3 rings (SSSR count). The lowest BCUT2D eigenvalue weighted by Gasteiger charge is -2.04. The first-order valence-corrected chi connectivity index (χ1v) is 6.12. The first-order chi connectivity index (χ1) is 10.5. The number of aromatic nitrogens is 1. The Morgan fingerprint density at radius 2 is 1.45 bits per heavy atom. The number of aromatic amines is 1. The highest BCUT2D eigenvalue weighted by molar-refractivity contribution is 5.98. The Balaban J connectivity index is 2.12. The predicted molar refractivity (Wildman–Crippen MR) is 71.8 cm³/mol. The highest BCUT2D eigenvalue weighted by Gasteiger charge is 2.25. The van der Waals surface area contributed by atoms with Gasteiger partial charge in [-0.1, -0.05) is 18.2 Å². The zero-order chi connectivity index (χ0) is 15.9. The van der Waals surface area contributed by atoms with Crippen molar-refractivity contribution in [2.24, 2.45) is 4.99 Å². The summed E-state index contributed by atoms with van der Waals surface area (Å²) in [6, 6.07) is 6.83. The first kappa shape index (κ1) is 14.2. The topological polar surface area (TPSA) is 28.1 Å². The number of rotatable bonds is 2. The molecule has 0 unspecified atom stereocenters. The molecule has 1 heterocycles. The standard InChI is InChI=1S/C15H7F5N2/c16-9-10(17)12(19)15(13(20)11(9)18)22-6-8-3-1-2-7-4-5-21-14(7)8/h1-6,21H/b22-6+. The minimum Gasteiger partial charge on any atom is -0.361 e. The molecule has 112 valence electrons. The quantitative estimate of drug-likeness (QED) is 0.310. The molecular weight excluding hydrogens is 303 g/mol. The van der Waals surface area contributed by atoms with Gasteiger partial charge >= 0.3 is 0 Å². The molecular formula is C15H7F5N2. The monoisotopic (exact) mass is 310 g/mol. The molecule has 0 atom stereocenters.